The molecule has 14 heavy (non-hydrogen) atoms. The molecule has 0 bridgehead atoms. The van der Waals surface area contributed by atoms with Gasteiger partial charge in [0.2, 0.25) is 0 Å². The van der Waals surface area contributed by atoms with Crippen molar-refractivity contribution in [2.45, 2.75) is 33.4 Å². The third-order valence-electron chi connectivity index (χ3n) is 2.17. The van der Waals surface area contributed by atoms with E-state index in [1.165, 1.54) is 0 Å². The lowest BCUT2D eigenvalue weighted by molar-refractivity contribution is -0.213. The molecule has 1 unspecified atom stereocenters. The Morgan fingerprint density at radius 3 is 2.07 bits per heavy atom. The van der Waals surface area contributed by atoms with E-state index in [4.69, 9.17) is 18.9 Å². The molecule has 0 aliphatic carbocycles. The van der Waals surface area contributed by atoms with Crippen molar-refractivity contribution in [3.8, 4) is 0 Å². The Balaban J connectivity index is 2.39. The van der Waals surface area contributed by atoms with Crippen LogP contribution in [0.25, 0.3) is 0 Å². The molecular formula is C10H20O4. The summed E-state index contributed by atoms with van der Waals surface area (Å²) in [5, 5.41) is 0. The SMILES string of the molecule is CCOC(OCC)C(C)C1OCCO1. The van der Waals surface area contributed by atoms with Crippen molar-refractivity contribution in [3.63, 3.8) is 0 Å². The maximum absolute atomic E-state index is 5.47. The maximum Gasteiger partial charge on any atom is 0.165 e. The fraction of sp³-hybridized carbons (Fsp3) is 1.00. The Kier molecular flexibility index (Phi) is 5.40. The predicted molar refractivity (Wildman–Crippen MR) is 51.9 cm³/mol. The minimum absolute atomic E-state index is 0.109. The summed E-state index contributed by atoms with van der Waals surface area (Å²) < 4.78 is 21.8. The molecule has 4 nitrogen and oxygen atoms in total. The first-order chi connectivity index (χ1) is 6.79. The monoisotopic (exact) mass is 204 g/mol. The molecule has 0 radical (unpaired) electrons. The fourth-order valence-electron chi connectivity index (χ4n) is 1.49. The Morgan fingerprint density at radius 2 is 1.64 bits per heavy atom. The van der Waals surface area contributed by atoms with Gasteiger partial charge in [0.15, 0.2) is 12.6 Å². The highest BCUT2D eigenvalue weighted by atomic mass is 16.7. The van der Waals surface area contributed by atoms with Crippen LogP contribution in [0.2, 0.25) is 0 Å². The number of hydrogen-bond acceptors (Lipinski definition) is 4. The molecule has 1 saturated heterocycles. The van der Waals surface area contributed by atoms with E-state index in [0.29, 0.717) is 26.4 Å². The minimum atomic E-state index is -0.229. The summed E-state index contributed by atoms with van der Waals surface area (Å²) in [7, 11) is 0. The molecule has 0 aromatic carbocycles. The predicted octanol–water partition coefficient (Wildman–Crippen LogP) is 1.39. The Bertz CT molecular complexity index is 139. The number of hydrogen-bond donors (Lipinski definition) is 0. The summed E-state index contributed by atoms with van der Waals surface area (Å²) in [6.07, 6.45) is -0.411. The molecule has 0 aromatic heterocycles. The molecule has 0 spiro atoms. The van der Waals surface area contributed by atoms with E-state index >= 15 is 0 Å². The van der Waals surface area contributed by atoms with Gasteiger partial charge in [-0.15, -0.1) is 0 Å². The molecule has 1 aliphatic heterocycles. The third-order valence-corrected chi connectivity index (χ3v) is 2.17. The van der Waals surface area contributed by atoms with Crippen molar-refractivity contribution in [3.05, 3.63) is 0 Å². The van der Waals surface area contributed by atoms with Gasteiger partial charge < -0.3 is 18.9 Å². The molecule has 0 aromatic rings. The van der Waals surface area contributed by atoms with Crippen LogP contribution in [0.15, 0.2) is 0 Å². The molecule has 1 rings (SSSR count). The summed E-state index contributed by atoms with van der Waals surface area (Å²) >= 11 is 0. The smallest absolute Gasteiger partial charge is 0.165 e. The van der Waals surface area contributed by atoms with Crippen LogP contribution in [0.4, 0.5) is 0 Å². The standard InChI is InChI=1S/C10H20O4/c1-4-11-9(12-5-2)8(3)10-13-6-7-14-10/h8-10H,4-7H2,1-3H3. The molecule has 0 N–H and O–H groups in total. The van der Waals surface area contributed by atoms with Gasteiger partial charge in [-0.1, -0.05) is 6.92 Å². The quantitative estimate of drug-likeness (QED) is 0.613. The first-order valence-corrected chi connectivity index (χ1v) is 5.26. The lowest BCUT2D eigenvalue weighted by atomic mass is 10.1. The molecule has 1 fully saturated rings. The zero-order valence-corrected chi connectivity index (χ0v) is 9.19. The van der Waals surface area contributed by atoms with Gasteiger partial charge in [0.1, 0.15) is 0 Å². The average molecular weight is 204 g/mol. The average Bonchev–Trinajstić information content (AvgIpc) is 2.69. The minimum Gasteiger partial charge on any atom is -0.352 e. The second-order valence-corrected chi connectivity index (χ2v) is 3.25. The largest absolute Gasteiger partial charge is 0.352 e. The molecular weight excluding hydrogens is 184 g/mol. The Labute approximate surface area is 85.5 Å². The maximum atomic E-state index is 5.47. The Morgan fingerprint density at radius 1 is 1.14 bits per heavy atom. The number of rotatable bonds is 6. The van der Waals surface area contributed by atoms with E-state index in [-0.39, 0.29) is 18.5 Å². The zero-order valence-electron chi connectivity index (χ0n) is 9.19. The lowest BCUT2D eigenvalue weighted by Crippen LogP contribution is -2.34. The first kappa shape index (κ1) is 11.9. The van der Waals surface area contributed by atoms with Crippen molar-refractivity contribution in [1.29, 1.82) is 0 Å². The lowest BCUT2D eigenvalue weighted by Gasteiger charge is -2.26. The highest BCUT2D eigenvalue weighted by Crippen LogP contribution is 2.20. The van der Waals surface area contributed by atoms with E-state index in [1.807, 2.05) is 20.8 Å². The van der Waals surface area contributed by atoms with Crippen LogP contribution in [0, 0.1) is 5.92 Å². The topological polar surface area (TPSA) is 36.9 Å². The van der Waals surface area contributed by atoms with Crippen molar-refractivity contribution in [1.82, 2.24) is 0 Å². The van der Waals surface area contributed by atoms with E-state index in [1.54, 1.807) is 0 Å². The highest BCUT2D eigenvalue weighted by Gasteiger charge is 2.30. The normalized spacial score (nSPS) is 20.6. The van der Waals surface area contributed by atoms with Crippen molar-refractivity contribution < 1.29 is 18.9 Å². The highest BCUT2D eigenvalue weighted by molar-refractivity contribution is 4.65. The molecule has 1 aliphatic rings. The van der Waals surface area contributed by atoms with Gasteiger partial charge in [-0.05, 0) is 13.8 Å². The van der Waals surface area contributed by atoms with Crippen molar-refractivity contribution in [2.24, 2.45) is 5.92 Å². The molecule has 1 heterocycles. The van der Waals surface area contributed by atoms with Gasteiger partial charge in [-0.25, -0.2) is 0 Å². The number of ether oxygens (including phenoxy) is 4. The van der Waals surface area contributed by atoms with E-state index in [2.05, 4.69) is 0 Å². The van der Waals surface area contributed by atoms with E-state index in [0.717, 1.165) is 0 Å². The molecule has 1 atom stereocenters. The van der Waals surface area contributed by atoms with Crippen LogP contribution < -0.4 is 0 Å². The van der Waals surface area contributed by atoms with Gasteiger partial charge >= 0.3 is 0 Å². The second kappa shape index (κ2) is 6.35. The fourth-order valence-corrected chi connectivity index (χ4v) is 1.49. The van der Waals surface area contributed by atoms with Crippen LogP contribution in [0.5, 0.6) is 0 Å². The van der Waals surface area contributed by atoms with Crippen LogP contribution >= 0.6 is 0 Å². The summed E-state index contributed by atoms with van der Waals surface area (Å²) in [5.74, 6) is 0.109. The van der Waals surface area contributed by atoms with Gasteiger partial charge in [0.25, 0.3) is 0 Å². The van der Waals surface area contributed by atoms with Gasteiger partial charge in [-0.2, -0.15) is 0 Å². The van der Waals surface area contributed by atoms with Crippen molar-refractivity contribution in [2.75, 3.05) is 26.4 Å². The Hall–Kier alpha value is -0.160. The van der Waals surface area contributed by atoms with E-state index < -0.39 is 0 Å². The second-order valence-electron chi connectivity index (χ2n) is 3.25. The van der Waals surface area contributed by atoms with E-state index in [9.17, 15) is 0 Å². The first-order valence-electron chi connectivity index (χ1n) is 5.26. The van der Waals surface area contributed by atoms with Gasteiger partial charge in [0.05, 0.1) is 19.1 Å². The van der Waals surface area contributed by atoms with Crippen LogP contribution in [-0.4, -0.2) is 39.0 Å². The molecule has 4 heteroatoms. The molecule has 84 valence electrons. The van der Waals surface area contributed by atoms with Crippen LogP contribution in [-0.2, 0) is 18.9 Å². The van der Waals surface area contributed by atoms with Gasteiger partial charge in [0, 0.05) is 13.2 Å². The molecule has 0 saturated carbocycles. The summed E-state index contributed by atoms with van der Waals surface area (Å²) in [5.41, 5.74) is 0. The zero-order chi connectivity index (χ0) is 10.4. The van der Waals surface area contributed by atoms with Crippen LogP contribution in [0.1, 0.15) is 20.8 Å². The van der Waals surface area contributed by atoms with Crippen LogP contribution in [0.3, 0.4) is 0 Å². The summed E-state index contributed by atoms with van der Waals surface area (Å²) in [6.45, 7) is 8.54. The summed E-state index contributed by atoms with van der Waals surface area (Å²) in [6, 6.07) is 0. The molecule has 0 amide bonds. The third kappa shape index (κ3) is 3.20. The summed E-state index contributed by atoms with van der Waals surface area (Å²) in [4.78, 5) is 0. The van der Waals surface area contributed by atoms with Gasteiger partial charge in [-0.3, -0.25) is 0 Å². The van der Waals surface area contributed by atoms with Crippen molar-refractivity contribution >= 4 is 0 Å².